The van der Waals surface area contributed by atoms with Crippen molar-refractivity contribution in [3.05, 3.63) is 57.6 Å². The molecule has 2 heterocycles. The maximum absolute atomic E-state index is 12.7. The van der Waals surface area contributed by atoms with Gasteiger partial charge in [0.25, 0.3) is 5.56 Å². The molecule has 22 heavy (non-hydrogen) atoms. The Kier molecular flexibility index (Phi) is 3.48. The molecule has 0 aliphatic rings. The van der Waals surface area contributed by atoms with Crippen molar-refractivity contribution in [1.29, 1.82) is 0 Å². The van der Waals surface area contributed by atoms with Gasteiger partial charge in [-0.3, -0.25) is 15.0 Å². The van der Waals surface area contributed by atoms with Gasteiger partial charge in [-0.2, -0.15) is 5.10 Å². The molecule has 2 N–H and O–H groups in total. The van der Waals surface area contributed by atoms with Crippen molar-refractivity contribution in [3.63, 3.8) is 0 Å². The van der Waals surface area contributed by atoms with Crippen LogP contribution in [0.15, 0.2) is 35.1 Å². The quantitative estimate of drug-likeness (QED) is 0.778. The van der Waals surface area contributed by atoms with Gasteiger partial charge in [0.2, 0.25) is 0 Å². The van der Waals surface area contributed by atoms with E-state index in [-0.39, 0.29) is 5.56 Å². The number of benzene rings is 1. The van der Waals surface area contributed by atoms with Crippen LogP contribution < -0.4 is 5.56 Å². The van der Waals surface area contributed by atoms with E-state index in [1.807, 2.05) is 32.0 Å². The molecular weight excluding hydrogens is 276 g/mol. The van der Waals surface area contributed by atoms with Gasteiger partial charge in [-0.25, -0.2) is 4.68 Å². The van der Waals surface area contributed by atoms with Crippen LogP contribution in [0.4, 0.5) is 0 Å². The predicted octanol–water partition coefficient (Wildman–Crippen LogP) is 3.30. The van der Waals surface area contributed by atoms with Gasteiger partial charge in [-0.15, -0.1) is 0 Å². The molecule has 0 fully saturated rings. The van der Waals surface area contributed by atoms with Crippen LogP contribution in [0.1, 0.15) is 36.7 Å². The molecule has 2 aromatic heterocycles. The van der Waals surface area contributed by atoms with Crippen LogP contribution in [0.3, 0.4) is 0 Å². The van der Waals surface area contributed by atoms with Gasteiger partial charge in [0.05, 0.1) is 16.9 Å². The van der Waals surface area contributed by atoms with Crippen LogP contribution >= 0.6 is 0 Å². The number of aromatic nitrogens is 4. The summed E-state index contributed by atoms with van der Waals surface area (Å²) in [6.07, 6.45) is 0. The highest BCUT2D eigenvalue weighted by molar-refractivity contribution is 5.61. The Labute approximate surface area is 129 Å². The van der Waals surface area contributed by atoms with Crippen molar-refractivity contribution in [1.82, 2.24) is 20.0 Å². The van der Waals surface area contributed by atoms with E-state index in [9.17, 15) is 4.79 Å². The van der Waals surface area contributed by atoms with E-state index in [1.165, 1.54) is 5.56 Å². The minimum atomic E-state index is -0.0821. The molecule has 0 bridgehead atoms. The molecule has 0 aliphatic carbocycles. The average molecular weight is 296 g/mol. The summed E-state index contributed by atoms with van der Waals surface area (Å²) in [6, 6.07) is 9.92. The van der Waals surface area contributed by atoms with Gasteiger partial charge in [-0.1, -0.05) is 26.0 Å². The van der Waals surface area contributed by atoms with E-state index in [4.69, 9.17) is 0 Å². The van der Waals surface area contributed by atoms with E-state index in [0.29, 0.717) is 17.2 Å². The first-order valence-corrected chi connectivity index (χ1v) is 7.41. The molecule has 5 heteroatoms. The Morgan fingerprint density at radius 1 is 1.14 bits per heavy atom. The Hall–Kier alpha value is -2.56. The first kappa shape index (κ1) is 14.4. The zero-order valence-electron chi connectivity index (χ0n) is 13.3. The van der Waals surface area contributed by atoms with Crippen LogP contribution in [0.25, 0.3) is 16.9 Å². The highest BCUT2D eigenvalue weighted by atomic mass is 16.1. The number of hydrogen-bond acceptors (Lipinski definition) is 2. The Morgan fingerprint density at radius 3 is 2.36 bits per heavy atom. The van der Waals surface area contributed by atoms with Gasteiger partial charge < -0.3 is 0 Å². The Bertz CT molecular complexity index is 850. The third kappa shape index (κ3) is 2.39. The van der Waals surface area contributed by atoms with Gasteiger partial charge in [-0.05, 0) is 43.5 Å². The average Bonchev–Trinajstić information content (AvgIpc) is 3.02. The van der Waals surface area contributed by atoms with E-state index < -0.39 is 0 Å². The maximum atomic E-state index is 12.7. The van der Waals surface area contributed by atoms with Crippen molar-refractivity contribution >= 4 is 0 Å². The minimum Gasteiger partial charge on any atom is -0.295 e. The van der Waals surface area contributed by atoms with Crippen LogP contribution in [0.2, 0.25) is 0 Å². The molecule has 3 aromatic rings. The molecule has 0 amide bonds. The molecule has 114 valence electrons. The van der Waals surface area contributed by atoms with E-state index >= 15 is 0 Å². The zero-order valence-corrected chi connectivity index (χ0v) is 13.3. The highest BCUT2D eigenvalue weighted by Gasteiger charge is 2.16. The number of hydrogen-bond donors (Lipinski definition) is 2. The second-order valence-corrected chi connectivity index (χ2v) is 5.93. The molecule has 0 spiro atoms. The monoisotopic (exact) mass is 296 g/mol. The molecule has 0 saturated carbocycles. The number of aromatic amines is 2. The summed E-state index contributed by atoms with van der Waals surface area (Å²) in [4.78, 5) is 12.7. The first-order chi connectivity index (χ1) is 10.5. The third-order valence-electron chi connectivity index (χ3n) is 3.85. The largest absolute Gasteiger partial charge is 0.295 e. The highest BCUT2D eigenvalue weighted by Crippen LogP contribution is 2.20. The van der Waals surface area contributed by atoms with Gasteiger partial charge in [0, 0.05) is 11.4 Å². The molecule has 0 saturated heterocycles. The molecule has 5 nitrogen and oxygen atoms in total. The van der Waals surface area contributed by atoms with Crippen LogP contribution in [0.5, 0.6) is 0 Å². The molecule has 0 atom stereocenters. The van der Waals surface area contributed by atoms with Gasteiger partial charge >= 0.3 is 0 Å². The van der Waals surface area contributed by atoms with Crippen molar-refractivity contribution in [2.24, 2.45) is 0 Å². The lowest BCUT2D eigenvalue weighted by Gasteiger charge is -2.06. The SMILES string of the molecule is Cc1cc(-c2c(C)[nH]n(-c3ccc(C(C)C)cc3)c2=O)n[nH]1. The second-order valence-electron chi connectivity index (χ2n) is 5.93. The van der Waals surface area contributed by atoms with Gasteiger partial charge in [0.1, 0.15) is 0 Å². The lowest BCUT2D eigenvalue weighted by Crippen LogP contribution is -2.15. The van der Waals surface area contributed by atoms with Crippen LogP contribution in [0, 0.1) is 13.8 Å². The van der Waals surface area contributed by atoms with Crippen molar-refractivity contribution < 1.29 is 0 Å². The lowest BCUT2D eigenvalue weighted by atomic mass is 10.0. The van der Waals surface area contributed by atoms with Gasteiger partial charge in [0.15, 0.2) is 0 Å². The fourth-order valence-corrected chi connectivity index (χ4v) is 2.58. The Balaban J connectivity index is 2.08. The van der Waals surface area contributed by atoms with E-state index in [0.717, 1.165) is 17.1 Å². The van der Waals surface area contributed by atoms with E-state index in [1.54, 1.807) is 4.68 Å². The first-order valence-electron chi connectivity index (χ1n) is 7.41. The minimum absolute atomic E-state index is 0.0821. The van der Waals surface area contributed by atoms with Crippen molar-refractivity contribution in [3.8, 4) is 16.9 Å². The summed E-state index contributed by atoms with van der Waals surface area (Å²) >= 11 is 0. The number of nitrogens with zero attached hydrogens (tertiary/aromatic N) is 2. The summed E-state index contributed by atoms with van der Waals surface area (Å²) in [6.45, 7) is 8.11. The zero-order chi connectivity index (χ0) is 15.9. The van der Waals surface area contributed by atoms with E-state index in [2.05, 4.69) is 41.3 Å². The number of rotatable bonds is 3. The predicted molar refractivity (Wildman–Crippen MR) is 87.5 cm³/mol. The molecular formula is C17H20N4O. The standard InChI is InChI=1S/C17H20N4O/c1-10(2)13-5-7-14(8-6-13)21-17(22)16(12(4)20-21)15-9-11(3)18-19-15/h5-10,20H,1-4H3,(H,18,19). The molecule has 1 aromatic carbocycles. The fourth-order valence-electron chi connectivity index (χ4n) is 2.58. The molecule has 0 radical (unpaired) electrons. The second kappa shape index (κ2) is 5.33. The fraction of sp³-hybridized carbons (Fsp3) is 0.294. The smallest absolute Gasteiger partial charge is 0.281 e. The number of nitrogens with one attached hydrogen (secondary N) is 2. The number of H-pyrrole nitrogens is 2. The summed E-state index contributed by atoms with van der Waals surface area (Å²) in [7, 11) is 0. The summed E-state index contributed by atoms with van der Waals surface area (Å²) in [5, 5.41) is 10.2. The summed E-state index contributed by atoms with van der Waals surface area (Å²) < 4.78 is 1.57. The van der Waals surface area contributed by atoms with Crippen LogP contribution in [-0.2, 0) is 0 Å². The number of aryl methyl sites for hydroxylation is 2. The Morgan fingerprint density at radius 2 is 1.82 bits per heavy atom. The maximum Gasteiger partial charge on any atom is 0.281 e. The van der Waals surface area contributed by atoms with Crippen LogP contribution in [-0.4, -0.2) is 20.0 Å². The molecule has 0 aliphatic heterocycles. The topological polar surface area (TPSA) is 66.5 Å². The van der Waals surface area contributed by atoms with Crippen molar-refractivity contribution in [2.75, 3.05) is 0 Å². The molecule has 0 unspecified atom stereocenters. The molecule has 3 rings (SSSR count). The normalized spacial score (nSPS) is 11.3. The van der Waals surface area contributed by atoms with Crippen molar-refractivity contribution in [2.45, 2.75) is 33.6 Å². The lowest BCUT2D eigenvalue weighted by molar-refractivity contribution is 0.827. The summed E-state index contributed by atoms with van der Waals surface area (Å²) in [5.74, 6) is 0.471. The third-order valence-corrected chi connectivity index (χ3v) is 3.85. The summed E-state index contributed by atoms with van der Waals surface area (Å²) in [5.41, 5.74) is 5.03.